The zero-order valence-electron chi connectivity index (χ0n) is 16.1. The molecule has 1 aromatic heterocycles. The van der Waals surface area contributed by atoms with E-state index in [0.29, 0.717) is 16.7 Å². The van der Waals surface area contributed by atoms with E-state index in [4.69, 9.17) is 9.47 Å². The Morgan fingerprint density at radius 3 is 2.12 bits per heavy atom. The van der Waals surface area contributed by atoms with Crippen LogP contribution in [-0.4, -0.2) is 60.2 Å². The first-order valence-corrected chi connectivity index (χ1v) is 7.92. The smallest absolute Gasteiger partial charge is 0.310 e. The molecule has 1 unspecified atom stereocenters. The summed E-state index contributed by atoms with van der Waals surface area (Å²) in [6.45, 7) is 7.52. The van der Waals surface area contributed by atoms with E-state index >= 15 is 0 Å². The van der Waals surface area contributed by atoms with Gasteiger partial charge in [-0.3, -0.25) is 19.6 Å². The number of halogens is 1. The van der Waals surface area contributed by atoms with Gasteiger partial charge >= 0.3 is 11.9 Å². The van der Waals surface area contributed by atoms with E-state index in [1.807, 2.05) is 41.9 Å². The maximum absolute atomic E-state index is 12.1. The lowest BCUT2D eigenvalue weighted by Gasteiger charge is -2.28. The fourth-order valence-electron chi connectivity index (χ4n) is 2.28. The molecular formula is C17H28ClN3O4. The van der Waals surface area contributed by atoms with Gasteiger partial charge in [0, 0.05) is 6.92 Å². The third-order valence-electron chi connectivity index (χ3n) is 3.43. The molecule has 0 aliphatic carbocycles. The van der Waals surface area contributed by atoms with Crippen LogP contribution < -0.4 is 12.4 Å². The van der Waals surface area contributed by atoms with Crippen molar-refractivity contribution in [2.24, 2.45) is 0 Å². The minimum absolute atomic E-state index is 0. The van der Waals surface area contributed by atoms with Gasteiger partial charge in [0.05, 0.1) is 50.3 Å². The molecule has 0 N–H and O–H groups in total. The molecule has 7 nitrogen and oxygen atoms in total. The molecule has 0 amide bonds. The van der Waals surface area contributed by atoms with Gasteiger partial charge in [-0.15, -0.1) is 0 Å². The highest BCUT2D eigenvalue weighted by atomic mass is 35.5. The molecule has 8 heteroatoms. The van der Waals surface area contributed by atoms with Crippen molar-refractivity contribution in [2.45, 2.75) is 46.8 Å². The van der Waals surface area contributed by atoms with Crippen LogP contribution in [0.4, 0.5) is 0 Å². The fourth-order valence-corrected chi connectivity index (χ4v) is 2.28. The number of likely N-dealkylation sites (N-methyl/N-ethyl adjacent to an activating group) is 1. The van der Waals surface area contributed by atoms with Crippen LogP contribution in [0.1, 0.15) is 36.1 Å². The Morgan fingerprint density at radius 2 is 1.60 bits per heavy atom. The van der Waals surface area contributed by atoms with Gasteiger partial charge in [-0.25, -0.2) is 0 Å². The van der Waals surface area contributed by atoms with Crippen molar-refractivity contribution in [3.63, 3.8) is 0 Å². The van der Waals surface area contributed by atoms with Gasteiger partial charge in [-0.05, 0) is 20.8 Å². The molecule has 0 fully saturated rings. The fraction of sp³-hybridized carbons (Fsp3) is 0.647. The second-order valence-electron chi connectivity index (χ2n) is 7.00. The number of aryl methyl sites for hydroxylation is 3. The predicted octanol–water partition coefficient (Wildman–Crippen LogP) is -1.52. The van der Waals surface area contributed by atoms with Crippen LogP contribution in [-0.2, 0) is 25.7 Å². The minimum atomic E-state index is -0.512. The number of aromatic nitrogens is 2. The number of esters is 2. The minimum Gasteiger partial charge on any atom is -1.00 e. The average Bonchev–Trinajstić information content (AvgIpc) is 2.38. The highest BCUT2D eigenvalue weighted by Gasteiger charge is 2.24. The molecule has 1 heterocycles. The molecule has 0 aromatic carbocycles. The number of nitrogens with zero attached hydrogens (tertiary/aromatic N) is 3. The molecule has 0 aliphatic rings. The number of carbonyl (C=O) groups excluding carboxylic acids is 2. The van der Waals surface area contributed by atoms with Gasteiger partial charge in [-0.1, -0.05) is 0 Å². The van der Waals surface area contributed by atoms with Gasteiger partial charge in [0.25, 0.3) is 0 Å². The molecule has 0 spiro atoms. The normalized spacial score (nSPS) is 12.1. The highest BCUT2D eigenvalue weighted by Crippen LogP contribution is 2.11. The first-order valence-electron chi connectivity index (χ1n) is 7.92. The largest absolute Gasteiger partial charge is 1.00 e. The third-order valence-corrected chi connectivity index (χ3v) is 3.43. The van der Waals surface area contributed by atoms with Crippen LogP contribution in [0.3, 0.4) is 0 Å². The van der Waals surface area contributed by atoms with Crippen LogP contribution in [0.2, 0.25) is 0 Å². The van der Waals surface area contributed by atoms with Crippen molar-refractivity contribution < 1.29 is 36.0 Å². The topological polar surface area (TPSA) is 78.4 Å². The Balaban J connectivity index is 0.00000576. The van der Waals surface area contributed by atoms with Crippen LogP contribution in [0.15, 0.2) is 0 Å². The number of hydrogen-bond acceptors (Lipinski definition) is 6. The summed E-state index contributed by atoms with van der Waals surface area (Å²) in [5.41, 5.74) is 3.06. The highest BCUT2D eigenvalue weighted by molar-refractivity contribution is 5.71. The van der Waals surface area contributed by atoms with Crippen molar-refractivity contribution in [1.82, 2.24) is 9.97 Å². The molecule has 0 saturated carbocycles. The molecule has 0 radical (unpaired) electrons. The van der Waals surface area contributed by atoms with Crippen LogP contribution in [0, 0.1) is 20.8 Å². The summed E-state index contributed by atoms with van der Waals surface area (Å²) in [6, 6.07) is 0. The molecule has 1 rings (SSSR count). The van der Waals surface area contributed by atoms with Crippen LogP contribution >= 0.6 is 0 Å². The summed E-state index contributed by atoms with van der Waals surface area (Å²) < 4.78 is 11.1. The first-order chi connectivity index (χ1) is 11.0. The van der Waals surface area contributed by atoms with Crippen molar-refractivity contribution in [3.05, 3.63) is 22.8 Å². The second kappa shape index (κ2) is 9.68. The van der Waals surface area contributed by atoms with Crippen molar-refractivity contribution in [3.8, 4) is 0 Å². The molecule has 0 bridgehead atoms. The van der Waals surface area contributed by atoms with E-state index in [-0.39, 0.29) is 25.4 Å². The third kappa shape index (κ3) is 8.79. The monoisotopic (exact) mass is 373 g/mol. The molecule has 25 heavy (non-hydrogen) atoms. The zero-order valence-corrected chi connectivity index (χ0v) is 16.8. The van der Waals surface area contributed by atoms with Crippen LogP contribution in [0.25, 0.3) is 0 Å². The van der Waals surface area contributed by atoms with E-state index in [1.54, 1.807) is 0 Å². The van der Waals surface area contributed by atoms with Gasteiger partial charge < -0.3 is 26.4 Å². The summed E-state index contributed by atoms with van der Waals surface area (Å²) >= 11 is 0. The summed E-state index contributed by atoms with van der Waals surface area (Å²) in [4.78, 5) is 32.1. The van der Waals surface area contributed by atoms with Crippen LogP contribution in [0.5, 0.6) is 0 Å². The van der Waals surface area contributed by atoms with Crippen molar-refractivity contribution >= 4 is 11.9 Å². The van der Waals surface area contributed by atoms with Crippen molar-refractivity contribution in [1.29, 1.82) is 0 Å². The average molecular weight is 374 g/mol. The van der Waals surface area contributed by atoms with E-state index < -0.39 is 18.0 Å². The lowest BCUT2D eigenvalue weighted by atomic mass is 10.2. The predicted molar refractivity (Wildman–Crippen MR) is 89.1 cm³/mol. The quantitative estimate of drug-likeness (QED) is 0.426. The van der Waals surface area contributed by atoms with E-state index in [9.17, 15) is 9.59 Å². The van der Waals surface area contributed by atoms with Gasteiger partial charge in [0.2, 0.25) is 0 Å². The zero-order chi connectivity index (χ0) is 18.5. The Hall–Kier alpha value is -1.73. The summed E-state index contributed by atoms with van der Waals surface area (Å²) in [7, 11) is 5.90. The number of rotatable bonds is 7. The molecular weight excluding hydrogens is 346 g/mol. The second-order valence-corrected chi connectivity index (χ2v) is 7.00. The van der Waals surface area contributed by atoms with E-state index in [0.717, 1.165) is 17.1 Å². The van der Waals surface area contributed by atoms with Gasteiger partial charge in [0.1, 0.15) is 13.2 Å². The summed E-state index contributed by atoms with van der Waals surface area (Å²) in [5.74, 6) is -0.828. The number of ether oxygens (including phenoxy) is 2. The SMILES string of the molecule is CC(=O)OC(CC(=O)OCc1nc(C)c(C)nc1C)C[N+](C)(C)C.[Cl-]. The maximum atomic E-state index is 12.1. The first kappa shape index (κ1) is 23.3. The van der Waals surface area contributed by atoms with E-state index in [1.165, 1.54) is 6.92 Å². The number of hydrogen-bond donors (Lipinski definition) is 0. The Kier molecular flexibility index (Phi) is 9.01. The summed E-state index contributed by atoms with van der Waals surface area (Å²) in [6.07, 6.45) is -0.492. The van der Waals surface area contributed by atoms with Crippen molar-refractivity contribution in [2.75, 3.05) is 27.7 Å². The van der Waals surface area contributed by atoms with E-state index in [2.05, 4.69) is 9.97 Å². The molecule has 1 atom stereocenters. The van der Waals surface area contributed by atoms with Gasteiger partial charge in [0.15, 0.2) is 6.10 Å². The molecule has 0 saturated heterocycles. The maximum Gasteiger partial charge on any atom is 0.310 e. The molecule has 1 aromatic rings. The lowest BCUT2D eigenvalue weighted by Crippen LogP contribution is -3.00. The Bertz CT molecular complexity index is 615. The molecule has 142 valence electrons. The lowest BCUT2D eigenvalue weighted by molar-refractivity contribution is -0.873. The Labute approximate surface area is 155 Å². The van der Waals surface area contributed by atoms with Gasteiger partial charge in [-0.2, -0.15) is 0 Å². The summed E-state index contributed by atoms with van der Waals surface area (Å²) in [5, 5.41) is 0. The number of carbonyl (C=O) groups is 2. The standard InChI is InChI=1S/C17H28N3O4.ClH/c1-11-12(2)19-16(13(3)18-11)10-23-17(22)8-15(24-14(4)21)9-20(5,6)7;/h15H,8-10H2,1-7H3;1H/q+1;/p-1. The number of quaternary nitrogens is 1. The Morgan fingerprint density at radius 1 is 1.04 bits per heavy atom. The molecule has 0 aliphatic heterocycles.